The first-order valence-corrected chi connectivity index (χ1v) is 10.0. The summed E-state index contributed by atoms with van der Waals surface area (Å²) in [6.07, 6.45) is 2.48. The number of nitrogens with zero attached hydrogens (tertiary/aromatic N) is 1. The van der Waals surface area contributed by atoms with Crippen molar-refractivity contribution < 1.29 is 4.79 Å². The number of hydrogen-bond acceptors (Lipinski definition) is 2. The van der Waals surface area contributed by atoms with Gasteiger partial charge in [-0.2, -0.15) is 5.26 Å². The van der Waals surface area contributed by atoms with Crippen molar-refractivity contribution in [1.29, 1.82) is 5.26 Å². The molecule has 0 saturated carbocycles. The number of carbonyl (C=O) groups is 1. The SMILES string of the molecule is Cc1cc(C)cc(Cc2ccc(/C=C(\C#N)C(=O)Nc3ccc(C)cc3C)cc2)c1. The van der Waals surface area contributed by atoms with Crippen LogP contribution in [0.15, 0.2) is 66.2 Å². The molecule has 0 atom stereocenters. The van der Waals surface area contributed by atoms with Gasteiger partial charge in [0.25, 0.3) is 5.91 Å². The van der Waals surface area contributed by atoms with E-state index < -0.39 is 5.91 Å². The fourth-order valence-corrected chi connectivity index (χ4v) is 3.60. The number of anilines is 1. The van der Waals surface area contributed by atoms with E-state index in [1.807, 2.05) is 62.4 Å². The molecule has 3 aromatic carbocycles. The van der Waals surface area contributed by atoms with Gasteiger partial charge in [-0.15, -0.1) is 0 Å². The molecule has 0 unspecified atom stereocenters. The van der Waals surface area contributed by atoms with E-state index in [9.17, 15) is 10.1 Å². The third kappa shape index (κ3) is 5.46. The molecule has 0 fully saturated rings. The van der Waals surface area contributed by atoms with Crippen molar-refractivity contribution in [2.45, 2.75) is 34.1 Å². The Morgan fingerprint density at radius 3 is 2.13 bits per heavy atom. The molecular weight excluding hydrogens is 368 g/mol. The van der Waals surface area contributed by atoms with Gasteiger partial charge in [0.2, 0.25) is 0 Å². The Kier molecular flexibility index (Phi) is 6.49. The molecule has 0 radical (unpaired) electrons. The Morgan fingerprint density at radius 2 is 1.53 bits per heavy atom. The zero-order valence-electron chi connectivity index (χ0n) is 17.9. The van der Waals surface area contributed by atoms with Crippen LogP contribution >= 0.6 is 0 Å². The smallest absolute Gasteiger partial charge is 0.266 e. The standard InChI is InChI=1S/C27H26N2O/c1-18-5-10-26(21(4)12-18)29-27(30)25(17-28)16-23-8-6-22(7-9-23)15-24-13-19(2)11-20(3)14-24/h5-14,16H,15H2,1-4H3,(H,29,30)/b25-16+. The molecule has 0 heterocycles. The maximum absolute atomic E-state index is 12.6. The van der Waals surface area contributed by atoms with Gasteiger partial charge in [0.1, 0.15) is 11.6 Å². The molecule has 0 aromatic heterocycles. The summed E-state index contributed by atoms with van der Waals surface area (Å²) in [6.45, 7) is 8.16. The predicted molar refractivity (Wildman–Crippen MR) is 123 cm³/mol. The van der Waals surface area contributed by atoms with Crippen LogP contribution in [0.5, 0.6) is 0 Å². The van der Waals surface area contributed by atoms with E-state index in [0.29, 0.717) is 0 Å². The van der Waals surface area contributed by atoms with Crippen LogP contribution in [0.1, 0.15) is 38.9 Å². The van der Waals surface area contributed by atoms with Crippen molar-refractivity contribution in [2.75, 3.05) is 5.32 Å². The van der Waals surface area contributed by atoms with Gasteiger partial charge in [-0.3, -0.25) is 4.79 Å². The molecular formula is C27H26N2O. The van der Waals surface area contributed by atoms with Gasteiger partial charge in [0, 0.05) is 5.69 Å². The summed E-state index contributed by atoms with van der Waals surface area (Å²) >= 11 is 0. The van der Waals surface area contributed by atoms with Gasteiger partial charge < -0.3 is 5.32 Å². The lowest BCUT2D eigenvalue weighted by Crippen LogP contribution is -2.14. The van der Waals surface area contributed by atoms with Crippen LogP contribution in [-0.2, 0) is 11.2 Å². The maximum Gasteiger partial charge on any atom is 0.266 e. The average molecular weight is 395 g/mol. The van der Waals surface area contributed by atoms with Gasteiger partial charge in [-0.1, -0.05) is 71.3 Å². The van der Waals surface area contributed by atoms with Crippen LogP contribution in [0.2, 0.25) is 0 Å². The molecule has 0 saturated heterocycles. The highest BCUT2D eigenvalue weighted by Crippen LogP contribution is 2.19. The molecule has 1 N–H and O–H groups in total. The van der Waals surface area contributed by atoms with E-state index in [1.165, 1.54) is 22.3 Å². The summed E-state index contributed by atoms with van der Waals surface area (Å²) in [5, 5.41) is 12.3. The molecule has 30 heavy (non-hydrogen) atoms. The summed E-state index contributed by atoms with van der Waals surface area (Å²) in [5.41, 5.74) is 8.71. The lowest BCUT2D eigenvalue weighted by atomic mass is 9.99. The third-order valence-corrected chi connectivity index (χ3v) is 4.98. The number of nitrogens with one attached hydrogen (secondary N) is 1. The van der Waals surface area contributed by atoms with Crippen molar-refractivity contribution in [3.05, 3.63) is 105 Å². The number of nitriles is 1. The summed E-state index contributed by atoms with van der Waals surface area (Å²) in [5.74, 6) is -0.399. The van der Waals surface area contributed by atoms with Crippen LogP contribution in [-0.4, -0.2) is 5.91 Å². The first-order valence-electron chi connectivity index (χ1n) is 10.0. The molecule has 0 spiro atoms. The van der Waals surface area contributed by atoms with E-state index in [2.05, 4.69) is 37.4 Å². The molecule has 1 amide bonds. The molecule has 0 bridgehead atoms. The quantitative estimate of drug-likeness (QED) is 0.423. The van der Waals surface area contributed by atoms with Gasteiger partial charge >= 0.3 is 0 Å². The van der Waals surface area contributed by atoms with E-state index >= 15 is 0 Å². The van der Waals surface area contributed by atoms with E-state index in [-0.39, 0.29) is 5.57 Å². The lowest BCUT2D eigenvalue weighted by Gasteiger charge is -2.09. The Bertz CT molecular complexity index is 1130. The Labute approximate surface area is 178 Å². The highest BCUT2D eigenvalue weighted by Gasteiger charge is 2.11. The van der Waals surface area contributed by atoms with Crippen LogP contribution in [0, 0.1) is 39.0 Å². The highest BCUT2D eigenvalue weighted by molar-refractivity contribution is 6.09. The molecule has 3 aromatic rings. The van der Waals surface area contributed by atoms with Crippen LogP contribution in [0.4, 0.5) is 5.69 Å². The highest BCUT2D eigenvalue weighted by atomic mass is 16.1. The minimum atomic E-state index is -0.399. The Morgan fingerprint density at radius 1 is 0.867 bits per heavy atom. The van der Waals surface area contributed by atoms with Gasteiger partial charge in [-0.05, 0) is 68.5 Å². The maximum atomic E-state index is 12.6. The molecule has 0 aliphatic carbocycles. The number of aryl methyl sites for hydroxylation is 4. The monoisotopic (exact) mass is 394 g/mol. The summed E-state index contributed by atoms with van der Waals surface area (Å²) in [6, 6.07) is 22.4. The minimum Gasteiger partial charge on any atom is -0.321 e. The average Bonchev–Trinajstić information content (AvgIpc) is 2.68. The second kappa shape index (κ2) is 9.24. The van der Waals surface area contributed by atoms with E-state index in [4.69, 9.17) is 0 Å². The number of carbonyl (C=O) groups excluding carboxylic acids is 1. The zero-order valence-corrected chi connectivity index (χ0v) is 17.9. The van der Waals surface area contributed by atoms with Crippen molar-refractivity contribution in [2.24, 2.45) is 0 Å². The molecule has 0 aliphatic rings. The van der Waals surface area contributed by atoms with Gasteiger partial charge in [0.15, 0.2) is 0 Å². The number of amides is 1. The zero-order chi connectivity index (χ0) is 21.7. The minimum absolute atomic E-state index is 0.0806. The van der Waals surface area contributed by atoms with Crippen molar-refractivity contribution in [1.82, 2.24) is 0 Å². The van der Waals surface area contributed by atoms with Crippen LogP contribution in [0.25, 0.3) is 6.08 Å². The largest absolute Gasteiger partial charge is 0.321 e. The summed E-state index contributed by atoms with van der Waals surface area (Å²) in [7, 11) is 0. The van der Waals surface area contributed by atoms with Crippen LogP contribution < -0.4 is 5.32 Å². The molecule has 3 heteroatoms. The molecule has 150 valence electrons. The van der Waals surface area contributed by atoms with Crippen molar-refractivity contribution in [3.8, 4) is 6.07 Å². The fraction of sp³-hybridized carbons (Fsp3) is 0.185. The first-order chi connectivity index (χ1) is 14.3. The first kappa shape index (κ1) is 21.1. The topological polar surface area (TPSA) is 52.9 Å². The third-order valence-electron chi connectivity index (χ3n) is 4.98. The van der Waals surface area contributed by atoms with E-state index in [1.54, 1.807) is 6.08 Å². The number of rotatable bonds is 5. The van der Waals surface area contributed by atoms with E-state index in [0.717, 1.165) is 28.8 Å². The number of benzene rings is 3. The normalized spacial score (nSPS) is 11.1. The Balaban J connectivity index is 1.74. The molecule has 0 aliphatic heterocycles. The van der Waals surface area contributed by atoms with Gasteiger partial charge in [-0.25, -0.2) is 0 Å². The van der Waals surface area contributed by atoms with Crippen LogP contribution in [0.3, 0.4) is 0 Å². The predicted octanol–water partition coefficient (Wildman–Crippen LogP) is 6.06. The second-order valence-corrected chi connectivity index (χ2v) is 7.86. The van der Waals surface area contributed by atoms with Crippen molar-refractivity contribution >= 4 is 17.7 Å². The van der Waals surface area contributed by atoms with Crippen molar-refractivity contribution in [3.63, 3.8) is 0 Å². The fourth-order valence-electron chi connectivity index (χ4n) is 3.60. The molecule has 3 nitrogen and oxygen atoms in total. The second-order valence-electron chi connectivity index (χ2n) is 7.86. The van der Waals surface area contributed by atoms with Gasteiger partial charge in [0.05, 0.1) is 0 Å². The Hall–Kier alpha value is -3.64. The molecule has 3 rings (SSSR count). The number of hydrogen-bond donors (Lipinski definition) is 1. The lowest BCUT2D eigenvalue weighted by molar-refractivity contribution is -0.112. The summed E-state index contributed by atoms with van der Waals surface area (Å²) in [4.78, 5) is 12.6. The summed E-state index contributed by atoms with van der Waals surface area (Å²) < 4.78 is 0.